The van der Waals surface area contributed by atoms with Gasteiger partial charge in [0, 0.05) is 31.5 Å². The number of hydrogen-bond donors (Lipinski definition) is 1. The summed E-state index contributed by atoms with van der Waals surface area (Å²) in [4.78, 5) is 18.4. The number of nitrogens with zero attached hydrogens (tertiary/aromatic N) is 3. The summed E-state index contributed by atoms with van der Waals surface area (Å²) in [5, 5.41) is 0. The normalized spacial score (nSPS) is 10.8. The van der Waals surface area contributed by atoms with Crippen LogP contribution in [-0.2, 0) is 13.6 Å². The minimum Gasteiger partial charge on any atom is -0.399 e. The van der Waals surface area contributed by atoms with Crippen molar-refractivity contribution in [1.82, 2.24) is 14.5 Å². The molecule has 0 unspecified atom stereocenters. The fourth-order valence-corrected chi connectivity index (χ4v) is 1.98. The Bertz CT molecular complexity index is 586. The number of aromatic nitrogens is 2. The van der Waals surface area contributed by atoms with E-state index in [1.165, 1.54) is 0 Å². The van der Waals surface area contributed by atoms with Gasteiger partial charge in [-0.1, -0.05) is 12.1 Å². The minimum atomic E-state index is -0.0579. The van der Waals surface area contributed by atoms with E-state index >= 15 is 0 Å². The molecule has 1 amide bonds. The lowest BCUT2D eigenvalue weighted by Gasteiger charge is -2.26. The van der Waals surface area contributed by atoms with Crippen molar-refractivity contribution >= 4 is 11.6 Å². The zero-order valence-electron chi connectivity index (χ0n) is 12.1. The molecule has 2 rings (SSSR count). The first-order chi connectivity index (χ1) is 9.47. The van der Waals surface area contributed by atoms with Crippen molar-refractivity contribution in [2.24, 2.45) is 7.05 Å². The average molecular weight is 272 g/mol. The molecule has 0 aliphatic heterocycles. The van der Waals surface area contributed by atoms with Gasteiger partial charge in [0.25, 0.3) is 5.91 Å². The molecule has 0 bridgehead atoms. The van der Waals surface area contributed by atoms with Crippen molar-refractivity contribution in [2.45, 2.75) is 26.4 Å². The van der Waals surface area contributed by atoms with Gasteiger partial charge in [-0.15, -0.1) is 0 Å². The number of carbonyl (C=O) groups excluding carboxylic acids is 1. The maximum atomic E-state index is 12.5. The quantitative estimate of drug-likeness (QED) is 0.866. The summed E-state index contributed by atoms with van der Waals surface area (Å²) in [6, 6.07) is 7.67. The highest BCUT2D eigenvalue weighted by molar-refractivity contribution is 5.92. The van der Waals surface area contributed by atoms with Crippen LogP contribution in [-0.4, -0.2) is 26.4 Å². The lowest BCUT2D eigenvalue weighted by atomic mass is 10.1. The van der Waals surface area contributed by atoms with E-state index in [4.69, 9.17) is 5.73 Å². The molecule has 2 N–H and O–H groups in total. The van der Waals surface area contributed by atoms with Crippen LogP contribution in [0.1, 0.15) is 29.9 Å². The number of nitrogens with two attached hydrogens (primary N) is 1. The molecule has 1 aromatic heterocycles. The summed E-state index contributed by atoms with van der Waals surface area (Å²) < 4.78 is 1.77. The third-order valence-electron chi connectivity index (χ3n) is 3.14. The molecule has 1 aromatic carbocycles. The predicted molar refractivity (Wildman–Crippen MR) is 79.1 cm³/mol. The van der Waals surface area contributed by atoms with Crippen LogP contribution in [0.4, 0.5) is 5.69 Å². The maximum Gasteiger partial charge on any atom is 0.274 e. The van der Waals surface area contributed by atoms with E-state index in [2.05, 4.69) is 4.98 Å². The van der Waals surface area contributed by atoms with Gasteiger partial charge in [0.1, 0.15) is 5.69 Å². The summed E-state index contributed by atoms with van der Waals surface area (Å²) in [6.45, 7) is 4.55. The average Bonchev–Trinajstić information content (AvgIpc) is 2.83. The van der Waals surface area contributed by atoms with Crippen LogP contribution in [0.2, 0.25) is 0 Å². The monoisotopic (exact) mass is 272 g/mol. The Kier molecular flexibility index (Phi) is 4.08. The van der Waals surface area contributed by atoms with Gasteiger partial charge in [-0.25, -0.2) is 4.98 Å². The third kappa shape index (κ3) is 3.17. The molecule has 1 heterocycles. The Morgan fingerprint density at radius 1 is 1.35 bits per heavy atom. The molecule has 20 heavy (non-hydrogen) atoms. The van der Waals surface area contributed by atoms with Gasteiger partial charge >= 0.3 is 0 Å². The number of nitrogen functional groups attached to an aromatic ring is 1. The number of imidazole rings is 1. The molecule has 5 nitrogen and oxygen atoms in total. The van der Waals surface area contributed by atoms with Crippen molar-refractivity contribution in [3.63, 3.8) is 0 Å². The summed E-state index contributed by atoms with van der Waals surface area (Å²) in [7, 11) is 1.85. The molecule has 5 heteroatoms. The summed E-state index contributed by atoms with van der Waals surface area (Å²) in [5.41, 5.74) is 7.92. The highest BCUT2D eigenvalue weighted by Crippen LogP contribution is 2.13. The molecular formula is C15H20N4O. The lowest BCUT2D eigenvalue weighted by molar-refractivity contribution is 0.0684. The number of carbonyl (C=O) groups is 1. The number of anilines is 1. The van der Waals surface area contributed by atoms with Crippen molar-refractivity contribution in [1.29, 1.82) is 0 Å². The van der Waals surface area contributed by atoms with Crippen LogP contribution in [0.3, 0.4) is 0 Å². The largest absolute Gasteiger partial charge is 0.399 e. The van der Waals surface area contributed by atoms with Gasteiger partial charge in [-0.2, -0.15) is 0 Å². The van der Waals surface area contributed by atoms with E-state index in [1.807, 2.05) is 45.2 Å². The van der Waals surface area contributed by atoms with Gasteiger partial charge in [0.2, 0.25) is 0 Å². The van der Waals surface area contributed by atoms with Gasteiger partial charge in [-0.3, -0.25) is 4.79 Å². The second-order valence-corrected chi connectivity index (χ2v) is 5.19. The molecule has 0 fully saturated rings. The Morgan fingerprint density at radius 3 is 2.50 bits per heavy atom. The molecule has 0 spiro atoms. The highest BCUT2D eigenvalue weighted by Gasteiger charge is 2.20. The fourth-order valence-electron chi connectivity index (χ4n) is 1.98. The SMILES string of the molecule is CC(C)N(Cc1ccc(N)cc1)C(=O)c1cn(C)cn1. The topological polar surface area (TPSA) is 64.2 Å². The minimum absolute atomic E-state index is 0.0579. The van der Waals surface area contributed by atoms with E-state index in [0.29, 0.717) is 12.2 Å². The van der Waals surface area contributed by atoms with E-state index in [1.54, 1.807) is 22.0 Å². The zero-order chi connectivity index (χ0) is 14.7. The van der Waals surface area contributed by atoms with Crippen LogP contribution in [0.5, 0.6) is 0 Å². The first-order valence-electron chi connectivity index (χ1n) is 6.60. The summed E-state index contributed by atoms with van der Waals surface area (Å²) in [5.74, 6) is -0.0579. The number of amides is 1. The molecule has 0 radical (unpaired) electrons. The summed E-state index contributed by atoms with van der Waals surface area (Å²) >= 11 is 0. The number of aryl methyl sites for hydroxylation is 1. The van der Waals surface area contributed by atoms with Gasteiger partial charge < -0.3 is 15.2 Å². The molecular weight excluding hydrogens is 252 g/mol. The molecule has 2 aromatic rings. The Hall–Kier alpha value is -2.30. The second-order valence-electron chi connectivity index (χ2n) is 5.19. The third-order valence-corrected chi connectivity index (χ3v) is 3.14. The van der Waals surface area contributed by atoms with Gasteiger partial charge in [0.05, 0.1) is 6.33 Å². The number of hydrogen-bond acceptors (Lipinski definition) is 3. The molecule has 0 saturated heterocycles. The number of rotatable bonds is 4. The smallest absolute Gasteiger partial charge is 0.274 e. The highest BCUT2D eigenvalue weighted by atomic mass is 16.2. The predicted octanol–water partition coefficient (Wildman–Crippen LogP) is 2.05. The fraction of sp³-hybridized carbons (Fsp3) is 0.333. The van der Waals surface area contributed by atoms with Crippen LogP contribution in [0.15, 0.2) is 36.8 Å². The van der Waals surface area contributed by atoms with Crippen molar-refractivity contribution < 1.29 is 4.79 Å². The maximum absolute atomic E-state index is 12.5. The number of benzene rings is 1. The Labute approximate surface area is 119 Å². The molecule has 0 atom stereocenters. The van der Waals surface area contributed by atoms with Crippen LogP contribution in [0, 0.1) is 0 Å². The second kappa shape index (κ2) is 5.77. The Morgan fingerprint density at radius 2 is 2.00 bits per heavy atom. The lowest BCUT2D eigenvalue weighted by Crippen LogP contribution is -2.36. The van der Waals surface area contributed by atoms with Crippen molar-refractivity contribution in [3.8, 4) is 0 Å². The Balaban J connectivity index is 2.19. The molecule has 0 aliphatic rings. The van der Waals surface area contributed by atoms with E-state index in [0.717, 1.165) is 11.3 Å². The summed E-state index contributed by atoms with van der Waals surface area (Å²) in [6.07, 6.45) is 3.37. The molecule has 0 aliphatic carbocycles. The van der Waals surface area contributed by atoms with E-state index in [9.17, 15) is 4.79 Å². The first-order valence-corrected chi connectivity index (χ1v) is 6.60. The van der Waals surface area contributed by atoms with Crippen LogP contribution < -0.4 is 5.73 Å². The van der Waals surface area contributed by atoms with E-state index < -0.39 is 0 Å². The zero-order valence-corrected chi connectivity index (χ0v) is 12.1. The van der Waals surface area contributed by atoms with Crippen LogP contribution in [0.25, 0.3) is 0 Å². The van der Waals surface area contributed by atoms with Crippen molar-refractivity contribution in [3.05, 3.63) is 48.0 Å². The standard InChI is InChI=1S/C15H20N4O/c1-11(2)19(8-12-4-6-13(16)7-5-12)15(20)14-9-18(3)10-17-14/h4-7,9-11H,8,16H2,1-3H3. The van der Waals surface area contributed by atoms with E-state index in [-0.39, 0.29) is 11.9 Å². The van der Waals surface area contributed by atoms with Gasteiger partial charge in [0.15, 0.2) is 0 Å². The molecule has 0 saturated carbocycles. The molecule has 106 valence electrons. The van der Waals surface area contributed by atoms with Crippen molar-refractivity contribution in [2.75, 3.05) is 5.73 Å². The first kappa shape index (κ1) is 14.1. The van der Waals surface area contributed by atoms with Crippen LogP contribution >= 0.6 is 0 Å². The van der Waals surface area contributed by atoms with Gasteiger partial charge in [-0.05, 0) is 31.5 Å².